The van der Waals surface area contributed by atoms with Crippen molar-refractivity contribution in [1.29, 1.82) is 0 Å². The molecule has 0 bridgehead atoms. The van der Waals surface area contributed by atoms with Gasteiger partial charge >= 0.3 is 6.18 Å². The number of para-hydroxylation sites is 1. The molecule has 6 N–H and O–H groups in total. The SMILES string of the molecule is CC(C)=C1C(N)=CC=C(C(F)(F)F)C1N.Nc1ccc(Oc2ccccc2)cc1. The van der Waals surface area contributed by atoms with Crippen LogP contribution in [0.5, 0.6) is 11.5 Å². The summed E-state index contributed by atoms with van der Waals surface area (Å²) in [6.07, 6.45) is -2.22. The van der Waals surface area contributed by atoms with Gasteiger partial charge in [0.15, 0.2) is 0 Å². The van der Waals surface area contributed by atoms with E-state index in [-0.39, 0.29) is 0 Å². The minimum absolute atomic E-state index is 0.301. The van der Waals surface area contributed by atoms with Crippen LogP contribution in [-0.2, 0) is 0 Å². The second-order valence-corrected chi connectivity index (χ2v) is 6.62. The second-order valence-electron chi connectivity index (χ2n) is 6.62. The molecule has 2 aromatic rings. The molecule has 0 saturated carbocycles. The van der Waals surface area contributed by atoms with Gasteiger partial charge in [-0.1, -0.05) is 29.8 Å². The van der Waals surface area contributed by atoms with E-state index in [4.69, 9.17) is 21.9 Å². The summed E-state index contributed by atoms with van der Waals surface area (Å²) in [5.74, 6) is 1.63. The highest BCUT2D eigenvalue weighted by molar-refractivity contribution is 5.49. The molecule has 29 heavy (non-hydrogen) atoms. The Hall–Kier alpha value is -3.19. The number of halogens is 3. The summed E-state index contributed by atoms with van der Waals surface area (Å²) in [7, 11) is 0. The minimum atomic E-state index is -4.41. The van der Waals surface area contributed by atoms with Gasteiger partial charge in [0.2, 0.25) is 0 Å². The maximum Gasteiger partial charge on any atom is 0.414 e. The number of anilines is 1. The molecule has 0 amide bonds. The zero-order valence-corrected chi connectivity index (χ0v) is 16.2. The minimum Gasteiger partial charge on any atom is -0.457 e. The Morgan fingerprint density at radius 3 is 1.93 bits per heavy atom. The summed E-state index contributed by atoms with van der Waals surface area (Å²) in [6, 6.07) is 15.8. The maximum absolute atomic E-state index is 12.5. The molecule has 4 nitrogen and oxygen atoms in total. The van der Waals surface area contributed by atoms with E-state index < -0.39 is 17.8 Å². The van der Waals surface area contributed by atoms with Gasteiger partial charge in [-0.05, 0) is 61.9 Å². The van der Waals surface area contributed by atoms with Gasteiger partial charge in [-0.3, -0.25) is 0 Å². The van der Waals surface area contributed by atoms with Crippen LogP contribution in [0.2, 0.25) is 0 Å². The Kier molecular flexibility index (Phi) is 7.12. The molecule has 0 fully saturated rings. The molecule has 0 radical (unpaired) electrons. The highest BCUT2D eigenvalue weighted by Crippen LogP contribution is 2.34. The van der Waals surface area contributed by atoms with Crippen molar-refractivity contribution in [3.05, 3.63) is 89.2 Å². The van der Waals surface area contributed by atoms with Crippen LogP contribution < -0.4 is 21.9 Å². The van der Waals surface area contributed by atoms with E-state index in [1.165, 1.54) is 6.08 Å². The summed E-state index contributed by atoms with van der Waals surface area (Å²) in [4.78, 5) is 0. The molecule has 2 aromatic carbocycles. The third kappa shape index (κ3) is 6.15. The molecule has 7 heteroatoms. The van der Waals surface area contributed by atoms with Crippen LogP contribution in [0.15, 0.2) is 89.2 Å². The largest absolute Gasteiger partial charge is 0.457 e. The Morgan fingerprint density at radius 2 is 1.41 bits per heavy atom. The third-order valence-corrected chi connectivity index (χ3v) is 4.12. The van der Waals surface area contributed by atoms with Gasteiger partial charge in [-0.2, -0.15) is 13.2 Å². The van der Waals surface area contributed by atoms with Gasteiger partial charge < -0.3 is 21.9 Å². The number of rotatable bonds is 2. The van der Waals surface area contributed by atoms with Crippen LogP contribution in [0.25, 0.3) is 0 Å². The molecule has 3 rings (SSSR count). The number of hydrogen-bond acceptors (Lipinski definition) is 4. The van der Waals surface area contributed by atoms with E-state index in [1.807, 2.05) is 54.6 Å². The fourth-order valence-corrected chi connectivity index (χ4v) is 2.74. The first-order valence-corrected chi connectivity index (χ1v) is 8.86. The normalized spacial score (nSPS) is 16.2. The lowest BCUT2D eigenvalue weighted by atomic mass is 9.89. The number of nitrogen functional groups attached to an aromatic ring is 1. The van der Waals surface area contributed by atoms with Crippen molar-refractivity contribution in [1.82, 2.24) is 0 Å². The highest BCUT2D eigenvalue weighted by atomic mass is 19.4. The van der Waals surface area contributed by atoms with Crippen molar-refractivity contribution in [2.75, 3.05) is 5.73 Å². The van der Waals surface area contributed by atoms with Crippen LogP contribution in [0, 0.1) is 0 Å². The lowest BCUT2D eigenvalue weighted by molar-refractivity contribution is -0.0946. The van der Waals surface area contributed by atoms with Crippen molar-refractivity contribution in [3.8, 4) is 11.5 Å². The summed E-state index contributed by atoms with van der Waals surface area (Å²) in [5, 5.41) is 0. The van der Waals surface area contributed by atoms with Gasteiger partial charge in [0.25, 0.3) is 0 Å². The Labute approximate surface area is 168 Å². The lowest BCUT2D eigenvalue weighted by Gasteiger charge is -2.26. The van der Waals surface area contributed by atoms with E-state index in [9.17, 15) is 13.2 Å². The Morgan fingerprint density at radius 1 is 0.862 bits per heavy atom. The van der Waals surface area contributed by atoms with E-state index in [0.717, 1.165) is 23.3 Å². The summed E-state index contributed by atoms with van der Waals surface area (Å²) in [6.45, 7) is 3.38. The summed E-state index contributed by atoms with van der Waals surface area (Å²) < 4.78 is 43.1. The molecule has 0 saturated heterocycles. The topological polar surface area (TPSA) is 87.3 Å². The van der Waals surface area contributed by atoms with Crippen molar-refractivity contribution in [3.63, 3.8) is 0 Å². The number of allylic oxidation sites excluding steroid dienone is 3. The van der Waals surface area contributed by atoms with Crippen LogP contribution in [0.3, 0.4) is 0 Å². The first-order chi connectivity index (χ1) is 13.6. The predicted octanol–water partition coefficient (Wildman–Crippen LogP) is 5.06. The highest BCUT2D eigenvalue weighted by Gasteiger charge is 2.40. The van der Waals surface area contributed by atoms with Gasteiger partial charge in [0.1, 0.15) is 11.5 Å². The second kappa shape index (κ2) is 9.34. The predicted molar refractivity (Wildman–Crippen MR) is 110 cm³/mol. The average Bonchev–Trinajstić information content (AvgIpc) is 2.64. The molecule has 1 atom stereocenters. The van der Waals surface area contributed by atoms with Crippen molar-refractivity contribution in [2.45, 2.75) is 26.1 Å². The molecular weight excluding hydrogens is 379 g/mol. The van der Waals surface area contributed by atoms with Crippen molar-refractivity contribution in [2.24, 2.45) is 11.5 Å². The first kappa shape index (κ1) is 22.1. The van der Waals surface area contributed by atoms with Crippen molar-refractivity contribution < 1.29 is 17.9 Å². The quantitative estimate of drug-likeness (QED) is 0.612. The fourth-order valence-electron chi connectivity index (χ4n) is 2.74. The lowest BCUT2D eigenvalue weighted by Crippen LogP contribution is -2.37. The van der Waals surface area contributed by atoms with E-state index in [1.54, 1.807) is 13.8 Å². The summed E-state index contributed by atoms with van der Waals surface area (Å²) in [5.41, 5.74) is 18.0. The number of alkyl halides is 3. The molecule has 1 aliphatic carbocycles. The zero-order valence-electron chi connectivity index (χ0n) is 16.2. The molecule has 0 heterocycles. The first-order valence-electron chi connectivity index (χ1n) is 8.86. The van der Waals surface area contributed by atoms with Crippen LogP contribution in [0.4, 0.5) is 18.9 Å². The summed E-state index contributed by atoms with van der Waals surface area (Å²) >= 11 is 0. The standard InChI is InChI=1S/C12H11NO.C10H13F3N2/c13-10-6-8-12(9-7-10)14-11-4-2-1-3-5-11;1-5(2)8-7(14)4-3-6(9(8)15)10(11,12)13/h1-9H,13H2;3-4,9H,14-15H2,1-2H3. The average molecular weight is 403 g/mol. The van der Waals surface area contributed by atoms with Gasteiger partial charge in [0.05, 0.1) is 11.6 Å². The molecule has 0 aliphatic heterocycles. The van der Waals surface area contributed by atoms with Gasteiger partial charge in [0, 0.05) is 11.4 Å². The molecule has 1 aliphatic rings. The van der Waals surface area contributed by atoms with E-state index in [0.29, 0.717) is 16.8 Å². The van der Waals surface area contributed by atoms with Gasteiger partial charge in [-0.15, -0.1) is 0 Å². The monoisotopic (exact) mass is 403 g/mol. The molecule has 1 unspecified atom stereocenters. The molecule has 0 aromatic heterocycles. The fraction of sp³-hybridized carbons (Fsp3) is 0.182. The van der Waals surface area contributed by atoms with Crippen LogP contribution >= 0.6 is 0 Å². The van der Waals surface area contributed by atoms with E-state index >= 15 is 0 Å². The van der Waals surface area contributed by atoms with Crippen LogP contribution in [0.1, 0.15) is 13.8 Å². The van der Waals surface area contributed by atoms with E-state index in [2.05, 4.69) is 0 Å². The van der Waals surface area contributed by atoms with Crippen molar-refractivity contribution >= 4 is 5.69 Å². The smallest absolute Gasteiger partial charge is 0.414 e. The van der Waals surface area contributed by atoms with Gasteiger partial charge in [-0.25, -0.2) is 0 Å². The molecule has 0 spiro atoms. The van der Waals surface area contributed by atoms with Crippen LogP contribution in [-0.4, -0.2) is 12.2 Å². The number of hydrogen-bond donors (Lipinski definition) is 3. The molecular formula is C22H24F3N3O. The Bertz CT molecular complexity index is 911. The number of benzene rings is 2. The zero-order chi connectivity index (χ0) is 21.6. The Balaban J connectivity index is 0.000000207. The third-order valence-electron chi connectivity index (χ3n) is 4.12. The maximum atomic E-state index is 12.5. The number of nitrogens with two attached hydrogens (primary N) is 3. The molecule has 154 valence electrons. The number of ether oxygens (including phenoxy) is 1.